The van der Waals surface area contributed by atoms with E-state index in [2.05, 4.69) is 4.90 Å². The molecule has 0 spiro atoms. The van der Waals surface area contributed by atoms with E-state index in [1.165, 1.54) is 12.8 Å². The van der Waals surface area contributed by atoms with Gasteiger partial charge in [0.1, 0.15) is 5.60 Å². The summed E-state index contributed by atoms with van der Waals surface area (Å²) in [5.41, 5.74) is -0.198. The van der Waals surface area contributed by atoms with Crippen LogP contribution in [0.3, 0.4) is 0 Å². The molecule has 1 heterocycles. The number of hydrogen-bond donors (Lipinski definition) is 1. The highest BCUT2D eigenvalue weighted by atomic mass is 16.6. The lowest BCUT2D eigenvalue weighted by atomic mass is 10.0. The van der Waals surface area contributed by atoms with Gasteiger partial charge in [-0.1, -0.05) is 0 Å². The topological polar surface area (TPSA) is 53.0 Å². The highest BCUT2D eigenvalue weighted by molar-refractivity contribution is 5.68. The number of nitrogens with zero attached hydrogens (tertiary/aromatic N) is 2. The molecule has 1 saturated carbocycles. The molecule has 0 aromatic rings. The Bertz CT molecular complexity index is 340. The van der Waals surface area contributed by atoms with E-state index in [4.69, 9.17) is 4.74 Å². The number of ether oxygens (including phenoxy) is 1. The van der Waals surface area contributed by atoms with Crippen LogP contribution in [0.2, 0.25) is 0 Å². The standard InChI is InChI=1S/C15H28N2O3/c1-14(2,3)20-13(19)17-10-8-16(9-11-17)7-6-15(12-18)4-5-15/h18H,4-12H2,1-3H3. The predicted octanol–water partition coefficient (Wildman–Crippen LogP) is 1.70. The molecule has 2 fully saturated rings. The summed E-state index contributed by atoms with van der Waals surface area (Å²) >= 11 is 0. The van der Waals surface area contributed by atoms with E-state index >= 15 is 0 Å². The van der Waals surface area contributed by atoms with E-state index in [1.54, 1.807) is 4.90 Å². The van der Waals surface area contributed by atoms with Gasteiger partial charge in [-0.15, -0.1) is 0 Å². The molecule has 1 saturated heterocycles. The number of aliphatic hydroxyl groups excluding tert-OH is 1. The van der Waals surface area contributed by atoms with Crippen molar-refractivity contribution in [3.05, 3.63) is 0 Å². The Balaban J connectivity index is 1.68. The SMILES string of the molecule is CC(C)(C)OC(=O)N1CCN(CCC2(CO)CC2)CC1. The second-order valence-electron chi connectivity index (χ2n) is 7.22. The summed E-state index contributed by atoms with van der Waals surface area (Å²) in [4.78, 5) is 16.1. The maximum Gasteiger partial charge on any atom is 0.410 e. The Morgan fingerprint density at radius 1 is 1.20 bits per heavy atom. The second kappa shape index (κ2) is 5.90. The van der Waals surface area contributed by atoms with Gasteiger partial charge in [0.05, 0.1) is 0 Å². The maximum absolute atomic E-state index is 11.9. The fourth-order valence-corrected chi connectivity index (χ4v) is 2.54. The third-order valence-electron chi connectivity index (χ3n) is 4.27. The first-order valence-corrected chi connectivity index (χ1v) is 7.65. The zero-order valence-corrected chi connectivity index (χ0v) is 13.0. The number of piperazine rings is 1. The van der Waals surface area contributed by atoms with Crippen molar-refractivity contribution in [1.29, 1.82) is 0 Å². The summed E-state index contributed by atoms with van der Waals surface area (Å²) in [6.07, 6.45) is 3.21. The van der Waals surface area contributed by atoms with Gasteiger partial charge in [-0.3, -0.25) is 4.90 Å². The van der Waals surface area contributed by atoms with Gasteiger partial charge in [0.25, 0.3) is 0 Å². The van der Waals surface area contributed by atoms with Crippen molar-refractivity contribution >= 4 is 6.09 Å². The Morgan fingerprint density at radius 3 is 2.25 bits per heavy atom. The van der Waals surface area contributed by atoms with E-state index < -0.39 is 5.60 Å². The highest BCUT2D eigenvalue weighted by Gasteiger charge is 2.41. The molecule has 0 aromatic carbocycles. The van der Waals surface area contributed by atoms with Crippen LogP contribution in [-0.2, 0) is 4.74 Å². The molecular weight excluding hydrogens is 256 g/mol. The van der Waals surface area contributed by atoms with Crippen LogP contribution < -0.4 is 0 Å². The van der Waals surface area contributed by atoms with Crippen LogP contribution in [0.4, 0.5) is 4.79 Å². The molecule has 5 nitrogen and oxygen atoms in total. The van der Waals surface area contributed by atoms with Crippen molar-refractivity contribution in [2.45, 2.75) is 45.6 Å². The summed E-state index contributed by atoms with van der Waals surface area (Å²) in [6.45, 7) is 10.3. The smallest absolute Gasteiger partial charge is 0.410 e. The van der Waals surface area contributed by atoms with Crippen LogP contribution in [0.1, 0.15) is 40.0 Å². The number of amides is 1. The average molecular weight is 284 g/mol. The summed E-state index contributed by atoms with van der Waals surface area (Å²) in [5.74, 6) is 0. The van der Waals surface area contributed by atoms with Crippen LogP contribution in [0.25, 0.3) is 0 Å². The van der Waals surface area contributed by atoms with Gasteiger partial charge in [0, 0.05) is 32.8 Å². The molecule has 116 valence electrons. The van der Waals surface area contributed by atoms with Crippen LogP contribution in [0, 0.1) is 5.41 Å². The van der Waals surface area contributed by atoms with E-state index in [1.807, 2.05) is 20.8 Å². The highest BCUT2D eigenvalue weighted by Crippen LogP contribution is 2.48. The predicted molar refractivity (Wildman–Crippen MR) is 77.6 cm³/mol. The minimum Gasteiger partial charge on any atom is -0.444 e. The molecule has 0 bridgehead atoms. The second-order valence-corrected chi connectivity index (χ2v) is 7.22. The largest absolute Gasteiger partial charge is 0.444 e. The zero-order valence-electron chi connectivity index (χ0n) is 13.0. The fraction of sp³-hybridized carbons (Fsp3) is 0.933. The van der Waals surface area contributed by atoms with Gasteiger partial charge < -0.3 is 14.7 Å². The van der Waals surface area contributed by atoms with Crippen LogP contribution in [0.15, 0.2) is 0 Å². The lowest BCUT2D eigenvalue weighted by molar-refractivity contribution is 0.0138. The van der Waals surface area contributed by atoms with Crippen molar-refractivity contribution < 1.29 is 14.6 Å². The first-order chi connectivity index (χ1) is 9.34. The number of carbonyl (C=O) groups is 1. The maximum atomic E-state index is 11.9. The zero-order chi connectivity index (χ0) is 14.8. The van der Waals surface area contributed by atoms with Crippen LogP contribution >= 0.6 is 0 Å². The van der Waals surface area contributed by atoms with Gasteiger partial charge in [0.2, 0.25) is 0 Å². The van der Waals surface area contributed by atoms with Crippen LogP contribution in [0.5, 0.6) is 0 Å². The minimum absolute atomic E-state index is 0.203. The van der Waals surface area contributed by atoms with E-state index in [0.717, 1.165) is 39.1 Å². The fourth-order valence-electron chi connectivity index (χ4n) is 2.54. The molecule has 20 heavy (non-hydrogen) atoms. The van der Waals surface area contributed by atoms with Gasteiger partial charge in [-0.2, -0.15) is 0 Å². The first-order valence-electron chi connectivity index (χ1n) is 7.65. The molecule has 0 unspecified atom stereocenters. The number of aliphatic hydroxyl groups is 1. The summed E-state index contributed by atoms with van der Waals surface area (Å²) < 4.78 is 5.39. The quantitative estimate of drug-likeness (QED) is 0.854. The number of carbonyl (C=O) groups excluding carboxylic acids is 1. The molecule has 1 aliphatic carbocycles. The molecule has 1 amide bonds. The van der Waals surface area contributed by atoms with Gasteiger partial charge >= 0.3 is 6.09 Å². The van der Waals surface area contributed by atoms with Crippen molar-refractivity contribution in [2.75, 3.05) is 39.3 Å². The third-order valence-corrected chi connectivity index (χ3v) is 4.27. The monoisotopic (exact) mass is 284 g/mol. The molecule has 1 N–H and O–H groups in total. The Kier molecular flexibility index (Phi) is 4.59. The number of rotatable bonds is 4. The van der Waals surface area contributed by atoms with Gasteiger partial charge in [-0.25, -0.2) is 4.79 Å². The Hall–Kier alpha value is -0.810. The normalized spacial score (nSPS) is 22.7. The third kappa shape index (κ3) is 4.35. The molecule has 5 heteroatoms. The molecule has 2 aliphatic rings. The van der Waals surface area contributed by atoms with E-state index in [0.29, 0.717) is 6.61 Å². The summed E-state index contributed by atoms with van der Waals surface area (Å²) in [5, 5.41) is 9.32. The number of hydrogen-bond acceptors (Lipinski definition) is 4. The molecule has 2 rings (SSSR count). The first kappa shape index (κ1) is 15.6. The Labute approximate surface area is 121 Å². The van der Waals surface area contributed by atoms with Crippen molar-refractivity contribution in [3.8, 4) is 0 Å². The van der Waals surface area contributed by atoms with Crippen LogP contribution in [-0.4, -0.2) is 65.9 Å². The molecule has 0 atom stereocenters. The average Bonchev–Trinajstić information content (AvgIpc) is 3.16. The van der Waals surface area contributed by atoms with Gasteiger partial charge in [0.15, 0.2) is 0 Å². The molecule has 1 aliphatic heterocycles. The van der Waals surface area contributed by atoms with E-state index in [9.17, 15) is 9.90 Å². The van der Waals surface area contributed by atoms with Crippen molar-refractivity contribution in [1.82, 2.24) is 9.80 Å². The molecular formula is C15H28N2O3. The van der Waals surface area contributed by atoms with Crippen molar-refractivity contribution in [3.63, 3.8) is 0 Å². The van der Waals surface area contributed by atoms with E-state index in [-0.39, 0.29) is 11.5 Å². The van der Waals surface area contributed by atoms with Crippen molar-refractivity contribution in [2.24, 2.45) is 5.41 Å². The minimum atomic E-state index is -0.423. The summed E-state index contributed by atoms with van der Waals surface area (Å²) in [6, 6.07) is 0. The lowest BCUT2D eigenvalue weighted by Crippen LogP contribution is -2.50. The Morgan fingerprint density at radius 2 is 1.80 bits per heavy atom. The lowest BCUT2D eigenvalue weighted by Gasteiger charge is -2.36. The summed E-state index contributed by atoms with van der Waals surface area (Å²) in [7, 11) is 0. The molecule has 0 aromatic heterocycles. The van der Waals surface area contributed by atoms with Gasteiger partial charge in [-0.05, 0) is 52.0 Å². The molecule has 0 radical (unpaired) electrons.